The van der Waals surface area contributed by atoms with Gasteiger partial charge in [0.2, 0.25) is 5.01 Å². The predicted octanol–water partition coefficient (Wildman–Crippen LogP) is 1.49. The van der Waals surface area contributed by atoms with Gasteiger partial charge in [-0.2, -0.15) is 0 Å². The molecule has 2 atom stereocenters. The van der Waals surface area contributed by atoms with E-state index in [9.17, 15) is 4.79 Å². The fourth-order valence-corrected chi connectivity index (χ4v) is 3.24. The molecule has 2 rings (SSSR count). The van der Waals surface area contributed by atoms with Gasteiger partial charge in [-0.1, -0.05) is 6.92 Å². The second-order valence-corrected chi connectivity index (χ2v) is 6.02. The maximum absolute atomic E-state index is 11.5. The molecule has 2 N–H and O–H groups in total. The first-order chi connectivity index (χ1) is 9.08. The van der Waals surface area contributed by atoms with E-state index in [-0.39, 0.29) is 12.0 Å². The molecule has 1 saturated heterocycles. The lowest BCUT2D eigenvalue weighted by Gasteiger charge is -2.34. The molecule has 0 aliphatic carbocycles. The Balaban J connectivity index is 1.94. The summed E-state index contributed by atoms with van der Waals surface area (Å²) >= 11 is 1.34. The number of thiazole rings is 1. The van der Waals surface area contributed by atoms with Crippen LogP contribution in [0.2, 0.25) is 0 Å². The fourth-order valence-electron chi connectivity index (χ4n) is 2.54. The summed E-state index contributed by atoms with van der Waals surface area (Å²) in [4.78, 5) is 18.2. The van der Waals surface area contributed by atoms with Crippen molar-refractivity contribution in [2.75, 3.05) is 19.7 Å². The summed E-state index contributed by atoms with van der Waals surface area (Å²) in [5, 5.41) is 2.36. The van der Waals surface area contributed by atoms with Crippen molar-refractivity contribution in [3.63, 3.8) is 0 Å². The maximum atomic E-state index is 11.5. The number of hydrogen-bond donors (Lipinski definition) is 1. The van der Waals surface area contributed by atoms with E-state index in [1.165, 1.54) is 11.3 Å². The highest BCUT2D eigenvalue weighted by Gasteiger charge is 2.23. The zero-order valence-electron chi connectivity index (χ0n) is 11.5. The normalized spacial score (nSPS) is 24.4. The molecule has 19 heavy (non-hydrogen) atoms. The third-order valence-corrected chi connectivity index (χ3v) is 4.03. The molecule has 0 amide bonds. The van der Waals surface area contributed by atoms with Crippen molar-refractivity contribution in [1.29, 1.82) is 0 Å². The van der Waals surface area contributed by atoms with Crippen LogP contribution in [-0.4, -0.2) is 41.6 Å². The summed E-state index contributed by atoms with van der Waals surface area (Å²) in [7, 11) is 0. The standard InChI is InChI=1S/C13H21N3O2S/c1-3-18-13(17)12-15-11(8-19-12)7-16-5-9(2)4-10(14)6-16/h8-10H,3-7,14H2,1-2H3. The number of nitrogens with two attached hydrogens (primary N) is 1. The smallest absolute Gasteiger partial charge is 0.367 e. The van der Waals surface area contributed by atoms with Crippen LogP contribution in [0.4, 0.5) is 0 Å². The monoisotopic (exact) mass is 283 g/mol. The van der Waals surface area contributed by atoms with E-state index in [0.29, 0.717) is 17.5 Å². The zero-order valence-corrected chi connectivity index (χ0v) is 12.3. The van der Waals surface area contributed by atoms with Crippen molar-refractivity contribution >= 4 is 17.3 Å². The first-order valence-corrected chi connectivity index (χ1v) is 7.56. The molecule has 6 heteroatoms. The first-order valence-electron chi connectivity index (χ1n) is 6.68. The van der Waals surface area contributed by atoms with Gasteiger partial charge >= 0.3 is 5.97 Å². The summed E-state index contributed by atoms with van der Waals surface area (Å²) in [6.07, 6.45) is 1.08. The van der Waals surface area contributed by atoms with E-state index in [1.54, 1.807) is 6.92 Å². The predicted molar refractivity (Wildman–Crippen MR) is 75.1 cm³/mol. The summed E-state index contributed by atoms with van der Waals surface area (Å²) in [6.45, 7) is 7.09. The average molecular weight is 283 g/mol. The molecule has 0 spiro atoms. The lowest BCUT2D eigenvalue weighted by Crippen LogP contribution is -2.45. The lowest BCUT2D eigenvalue weighted by molar-refractivity contribution is 0.0525. The van der Waals surface area contributed by atoms with Crippen LogP contribution in [0.1, 0.15) is 35.8 Å². The molecule has 106 valence electrons. The van der Waals surface area contributed by atoms with Crippen LogP contribution in [0.15, 0.2) is 5.38 Å². The Hall–Kier alpha value is -0.980. The first kappa shape index (κ1) is 14.4. The Labute approximate surface area is 117 Å². The minimum Gasteiger partial charge on any atom is -0.461 e. The van der Waals surface area contributed by atoms with Gasteiger partial charge in [0.1, 0.15) is 0 Å². The number of carbonyl (C=O) groups excluding carboxylic acids is 1. The topological polar surface area (TPSA) is 68.5 Å². The van der Waals surface area contributed by atoms with Gasteiger partial charge in [0, 0.05) is 31.1 Å². The molecular formula is C13H21N3O2S. The molecule has 0 radical (unpaired) electrons. The molecule has 5 nitrogen and oxygen atoms in total. The minimum absolute atomic E-state index is 0.243. The van der Waals surface area contributed by atoms with Crippen molar-refractivity contribution in [2.24, 2.45) is 11.7 Å². The van der Waals surface area contributed by atoms with Gasteiger partial charge in [0.25, 0.3) is 0 Å². The van der Waals surface area contributed by atoms with Crippen LogP contribution < -0.4 is 5.73 Å². The van der Waals surface area contributed by atoms with Crippen LogP contribution in [0.3, 0.4) is 0 Å². The Kier molecular flexibility index (Phi) is 4.90. The highest BCUT2D eigenvalue weighted by molar-refractivity contribution is 7.11. The molecule has 0 bridgehead atoms. The van der Waals surface area contributed by atoms with E-state index in [1.807, 2.05) is 5.38 Å². The van der Waals surface area contributed by atoms with Gasteiger partial charge in [-0.25, -0.2) is 9.78 Å². The fraction of sp³-hybridized carbons (Fsp3) is 0.692. The van der Waals surface area contributed by atoms with Crippen LogP contribution in [0, 0.1) is 5.92 Å². The number of rotatable bonds is 4. The maximum Gasteiger partial charge on any atom is 0.367 e. The number of ether oxygens (including phenoxy) is 1. The van der Waals surface area contributed by atoms with Crippen molar-refractivity contribution in [3.05, 3.63) is 16.1 Å². The third-order valence-electron chi connectivity index (χ3n) is 3.16. The van der Waals surface area contributed by atoms with Crippen molar-refractivity contribution in [3.8, 4) is 0 Å². The largest absolute Gasteiger partial charge is 0.461 e. The van der Waals surface area contributed by atoms with Crippen molar-refractivity contribution in [2.45, 2.75) is 32.9 Å². The minimum atomic E-state index is -0.331. The van der Waals surface area contributed by atoms with Crippen LogP contribution in [0.5, 0.6) is 0 Å². The highest BCUT2D eigenvalue weighted by Crippen LogP contribution is 2.19. The van der Waals surface area contributed by atoms with Gasteiger partial charge in [0.05, 0.1) is 12.3 Å². The van der Waals surface area contributed by atoms with Gasteiger partial charge in [-0.05, 0) is 19.3 Å². The van der Waals surface area contributed by atoms with E-state index < -0.39 is 0 Å². The summed E-state index contributed by atoms with van der Waals surface area (Å²) in [5.74, 6) is 0.286. The Morgan fingerprint density at radius 3 is 3.11 bits per heavy atom. The Morgan fingerprint density at radius 2 is 2.42 bits per heavy atom. The van der Waals surface area contributed by atoms with Gasteiger partial charge in [-0.15, -0.1) is 11.3 Å². The molecule has 0 aromatic carbocycles. The van der Waals surface area contributed by atoms with Crippen molar-refractivity contribution < 1.29 is 9.53 Å². The average Bonchev–Trinajstić information content (AvgIpc) is 2.76. The number of nitrogens with zero attached hydrogens (tertiary/aromatic N) is 2. The molecule has 2 heterocycles. The Bertz CT molecular complexity index is 425. The van der Waals surface area contributed by atoms with E-state index in [2.05, 4.69) is 16.8 Å². The second-order valence-electron chi connectivity index (χ2n) is 5.16. The number of carbonyl (C=O) groups is 1. The van der Waals surface area contributed by atoms with E-state index in [0.717, 1.165) is 31.7 Å². The molecule has 0 saturated carbocycles. The molecule has 2 unspecified atom stereocenters. The molecular weight excluding hydrogens is 262 g/mol. The molecule has 1 aliphatic rings. The van der Waals surface area contributed by atoms with Crippen LogP contribution in [-0.2, 0) is 11.3 Å². The number of likely N-dealkylation sites (tertiary alicyclic amines) is 1. The lowest BCUT2D eigenvalue weighted by atomic mass is 9.96. The summed E-state index contributed by atoms with van der Waals surface area (Å²) < 4.78 is 4.94. The highest BCUT2D eigenvalue weighted by atomic mass is 32.1. The van der Waals surface area contributed by atoms with Gasteiger partial charge in [0.15, 0.2) is 0 Å². The molecule has 1 aliphatic heterocycles. The number of piperidine rings is 1. The van der Waals surface area contributed by atoms with Crippen molar-refractivity contribution in [1.82, 2.24) is 9.88 Å². The van der Waals surface area contributed by atoms with E-state index in [4.69, 9.17) is 10.5 Å². The number of hydrogen-bond acceptors (Lipinski definition) is 6. The van der Waals surface area contributed by atoms with Crippen LogP contribution >= 0.6 is 11.3 Å². The quantitative estimate of drug-likeness (QED) is 0.848. The second kappa shape index (κ2) is 6.45. The Morgan fingerprint density at radius 1 is 1.63 bits per heavy atom. The van der Waals surface area contributed by atoms with Gasteiger partial charge in [-0.3, -0.25) is 4.90 Å². The van der Waals surface area contributed by atoms with Crippen LogP contribution in [0.25, 0.3) is 0 Å². The molecule has 1 aromatic heterocycles. The molecule has 1 fully saturated rings. The zero-order chi connectivity index (χ0) is 13.8. The number of aromatic nitrogens is 1. The third kappa shape index (κ3) is 3.99. The summed E-state index contributed by atoms with van der Waals surface area (Å²) in [5.41, 5.74) is 6.95. The number of esters is 1. The van der Waals surface area contributed by atoms with Gasteiger partial charge < -0.3 is 10.5 Å². The SMILES string of the molecule is CCOC(=O)c1nc(CN2CC(C)CC(N)C2)cs1. The summed E-state index contributed by atoms with van der Waals surface area (Å²) in [6, 6.07) is 0.243. The van der Waals surface area contributed by atoms with E-state index >= 15 is 0 Å². The molecule has 1 aromatic rings.